The zero-order valence-electron chi connectivity index (χ0n) is 13.4. The van der Waals surface area contributed by atoms with E-state index in [1.807, 2.05) is 16.8 Å². The van der Waals surface area contributed by atoms with Gasteiger partial charge in [0.15, 0.2) is 0 Å². The van der Waals surface area contributed by atoms with Crippen molar-refractivity contribution in [1.29, 1.82) is 0 Å². The summed E-state index contributed by atoms with van der Waals surface area (Å²) in [6.07, 6.45) is 1.62. The van der Waals surface area contributed by atoms with Crippen molar-refractivity contribution >= 4 is 5.95 Å². The number of hydrogen-bond donors (Lipinski definition) is 1. The molecule has 2 aromatic carbocycles. The normalized spacial score (nSPS) is 24.1. The molecular formula is C19H18N4O. The minimum absolute atomic E-state index is 0.114. The van der Waals surface area contributed by atoms with Crippen LogP contribution in [0, 0.1) is 12.8 Å². The molecule has 0 aliphatic carbocycles. The molecule has 24 heavy (non-hydrogen) atoms. The number of nitrogens with zero attached hydrogens (tertiary/aromatic N) is 3. The summed E-state index contributed by atoms with van der Waals surface area (Å²) in [5.74, 6) is 2.04. The Kier molecular flexibility index (Phi) is 2.89. The first kappa shape index (κ1) is 13.6. The van der Waals surface area contributed by atoms with Crippen LogP contribution in [-0.2, 0) is 0 Å². The molecule has 1 N–H and O–H groups in total. The van der Waals surface area contributed by atoms with Crippen molar-refractivity contribution in [1.82, 2.24) is 14.8 Å². The highest BCUT2D eigenvalue weighted by Crippen LogP contribution is 2.47. The van der Waals surface area contributed by atoms with Gasteiger partial charge >= 0.3 is 0 Å². The molecule has 3 heterocycles. The first-order valence-electron chi connectivity index (χ1n) is 8.25. The van der Waals surface area contributed by atoms with Crippen molar-refractivity contribution in [2.75, 3.05) is 11.9 Å². The van der Waals surface area contributed by atoms with E-state index in [1.54, 1.807) is 6.33 Å². The highest BCUT2D eigenvalue weighted by atomic mass is 16.5. The van der Waals surface area contributed by atoms with Crippen molar-refractivity contribution < 1.29 is 4.74 Å². The number of benzene rings is 2. The molecular weight excluding hydrogens is 300 g/mol. The van der Waals surface area contributed by atoms with Gasteiger partial charge < -0.3 is 10.1 Å². The third-order valence-corrected chi connectivity index (χ3v) is 5.06. The third kappa shape index (κ3) is 1.94. The lowest BCUT2D eigenvalue weighted by atomic mass is 9.81. The van der Waals surface area contributed by atoms with Crippen LogP contribution in [0.2, 0.25) is 0 Å². The molecule has 3 aromatic rings. The van der Waals surface area contributed by atoms with Gasteiger partial charge in [0, 0.05) is 11.5 Å². The number of hydrogen-bond acceptors (Lipinski definition) is 4. The Labute approximate surface area is 140 Å². The largest absolute Gasteiger partial charge is 0.493 e. The summed E-state index contributed by atoms with van der Waals surface area (Å²) in [7, 11) is 0. The predicted octanol–water partition coefficient (Wildman–Crippen LogP) is 3.35. The lowest BCUT2D eigenvalue weighted by Crippen LogP contribution is -2.42. The van der Waals surface area contributed by atoms with Crippen molar-refractivity contribution in [3.05, 3.63) is 71.5 Å². The summed E-state index contributed by atoms with van der Waals surface area (Å²) in [6, 6.07) is 17.2. The third-order valence-electron chi connectivity index (χ3n) is 5.06. The van der Waals surface area contributed by atoms with E-state index in [1.165, 1.54) is 16.7 Å². The number of nitrogens with one attached hydrogen (secondary N) is 1. The van der Waals surface area contributed by atoms with E-state index >= 15 is 0 Å². The summed E-state index contributed by atoms with van der Waals surface area (Å²) >= 11 is 0. The molecule has 0 saturated carbocycles. The smallest absolute Gasteiger partial charge is 0.222 e. The molecule has 0 bridgehead atoms. The number of aromatic nitrogens is 3. The molecule has 5 rings (SSSR count). The molecule has 5 nitrogen and oxygen atoms in total. The van der Waals surface area contributed by atoms with Gasteiger partial charge in [-0.2, -0.15) is 10.1 Å². The molecule has 3 atom stereocenters. The number of anilines is 1. The summed E-state index contributed by atoms with van der Waals surface area (Å²) in [4.78, 5) is 4.41. The van der Waals surface area contributed by atoms with Crippen LogP contribution in [0.15, 0.2) is 54.9 Å². The van der Waals surface area contributed by atoms with Gasteiger partial charge in [0.2, 0.25) is 5.95 Å². The molecule has 1 aromatic heterocycles. The van der Waals surface area contributed by atoms with Crippen LogP contribution in [0.1, 0.15) is 28.8 Å². The van der Waals surface area contributed by atoms with Gasteiger partial charge in [-0.1, -0.05) is 48.0 Å². The first-order chi connectivity index (χ1) is 11.8. The molecule has 0 radical (unpaired) electrons. The summed E-state index contributed by atoms with van der Waals surface area (Å²) in [5, 5.41) is 8.03. The van der Waals surface area contributed by atoms with Crippen LogP contribution in [-0.4, -0.2) is 21.4 Å². The molecule has 0 saturated heterocycles. The summed E-state index contributed by atoms with van der Waals surface area (Å²) in [6.45, 7) is 2.77. The van der Waals surface area contributed by atoms with Crippen molar-refractivity contribution in [3.8, 4) is 5.75 Å². The monoisotopic (exact) mass is 318 g/mol. The SMILES string of the molecule is Cc1ccc([C@@H]2[C@H]3COc4ccccc4[C@@H]3Nc3ncnn32)cc1. The summed E-state index contributed by atoms with van der Waals surface area (Å²) < 4.78 is 8.05. The molecule has 0 unspecified atom stereocenters. The minimum Gasteiger partial charge on any atom is -0.493 e. The fourth-order valence-electron chi connectivity index (χ4n) is 3.87. The Bertz CT molecular complexity index is 886. The minimum atomic E-state index is 0.114. The number of aryl methyl sites for hydroxylation is 1. The van der Waals surface area contributed by atoms with E-state index in [9.17, 15) is 0 Å². The molecule has 120 valence electrons. The number of fused-ring (bicyclic) bond motifs is 4. The van der Waals surface area contributed by atoms with Gasteiger partial charge in [0.1, 0.15) is 12.1 Å². The maximum Gasteiger partial charge on any atom is 0.222 e. The van der Waals surface area contributed by atoms with Gasteiger partial charge in [-0.15, -0.1) is 0 Å². The number of para-hydroxylation sites is 1. The predicted molar refractivity (Wildman–Crippen MR) is 91.1 cm³/mol. The molecule has 0 spiro atoms. The van der Waals surface area contributed by atoms with Gasteiger partial charge in [-0.3, -0.25) is 0 Å². The average molecular weight is 318 g/mol. The second-order valence-electron chi connectivity index (χ2n) is 6.52. The fourth-order valence-corrected chi connectivity index (χ4v) is 3.87. The second-order valence-corrected chi connectivity index (χ2v) is 6.52. The fraction of sp³-hybridized carbons (Fsp3) is 0.263. The van der Waals surface area contributed by atoms with E-state index in [0.29, 0.717) is 6.61 Å². The lowest BCUT2D eigenvalue weighted by molar-refractivity contribution is 0.151. The van der Waals surface area contributed by atoms with Crippen LogP contribution in [0.4, 0.5) is 5.95 Å². The standard InChI is InChI=1S/C19H18N4O/c1-12-6-8-13(9-7-12)18-15-10-24-16-5-3-2-4-14(16)17(15)22-19-20-11-21-23(18)19/h2-9,11,15,17-18H,10H2,1H3,(H,20,21,22)/t15-,17-,18+/m0/s1. The van der Waals surface area contributed by atoms with E-state index in [-0.39, 0.29) is 18.0 Å². The number of rotatable bonds is 1. The topological polar surface area (TPSA) is 52.0 Å². The molecule has 5 heteroatoms. The van der Waals surface area contributed by atoms with Gasteiger partial charge in [0.25, 0.3) is 0 Å². The zero-order valence-corrected chi connectivity index (χ0v) is 13.4. The number of ether oxygens (including phenoxy) is 1. The van der Waals surface area contributed by atoms with E-state index in [2.05, 4.69) is 58.7 Å². The highest BCUT2D eigenvalue weighted by Gasteiger charge is 2.43. The Morgan fingerprint density at radius 3 is 2.83 bits per heavy atom. The van der Waals surface area contributed by atoms with Crippen molar-refractivity contribution in [3.63, 3.8) is 0 Å². The Morgan fingerprint density at radius 2 is 1.96 bits per heavy atom. The van der Waals surface area contributed by atoms with Crippen LogP contribution in [0.5, 0.6) is 5.75 Å². The zero-order chi connectivity index (χ0) is 16.1. The first-order valence-corrected chi connectivity index (χ1v) is 8.25. The molecule has 0 fully saturated rings. The van der Waals surface area contributed by atoms with Gasteiger partial charge in [0.05, 0.1) is 18.7 Å². The molecule has 2 aliphatic rings. The van der Waals surface area contributed by atoms with Crippen LogP contribution in [0.3, 0.4) is 0 Å². The van der Waals surface area contributed by atoms with Gasteiger partial charge in [-0.05, 0) is 18.6 Å². The van der Waals surface area contributed by atoms with Crippen LogP contribution in [0.25, 0.3) is 0 Å². The van der Waals surface area contributed by atoms with Gasteiger partial charge in [-0.25, -0.2) is 4.68 Å². The molecule has 2 aliphatic heterocycles. The maximum absolute atomic E-state index is 6.06. The van der Waals surface area contributed by atoms with E-state index in [4.69, 9.17) is 4.74 Å². The highest BCUT2D eigenvalue weighted by molar-refractivity contribution is 5.46. The Hall–Kier alpha value is -2.82. The van der Waals surface area contributed by atoms with Crippen molar-refractivity contribution in [2.45, 2.75) is 19.0 Å². The lowest BCUT2D eigenvalue weighted by Gasteiger charge is -2.42. The van der Waals surface area contributed by atoms with Crippen LogP contribution < -0.4 is 10.1 Å². The second kappa shape index (κ2) is 5.09. The van der Waals surface area contributed by atoms with E-state index < -0.39 is 0 Å². The Balaban J connectivity index is 1.66. The maximum atomic E-state index is 6.06. The quantitative estimate of drug-likeness (QED) is 0.747. The average Bonchev–Trinajstić information content (AvgIpc) is 3.09. The Morgan fingerprint density at radius 1 is 1.12 bits per heavy atom. The van der Waals surface area contributed by atoms with Crippen molar-refractivity contribution in [2.24, 2.45) is 5.92 Å². The van der Waals surface area contributed by atoms with Crippen LogP contribution >= 0.6 is 0 Å². The van der Waals surface area contributed by atoms with E-state index in [0.717, 1.165) is 11.7 Å². The molecule has 0 amide bonds. The summed E-state index contributed by atoms with van der Waals surface area (Å²) in [5.41, 5.74) is 3.69.